The molecule has 12 nitrogen and oxygen atoms in total. The Labute approximate surface area is 219 Å². The number of aliphatic carboxylic acids is 2. The minimum Gasteiger partial charge on any atom is -0.481 e. The first-order chi connectivity index (χ1) is 17.7. The van der Waals surface area contributed by atoms with Crippen LogP contribution in [0.1, 0.15) is 44.1 Å². The molecule has 0 saturated heterocycles. The van der Waals surface area contributed by atoms with Crippen LogP contribution in [0.2, 0.25) is 0 Å². The third-order valence-corrected chi connectivity index (χ3v) is 7.02. The molecule has 3 aromatic heterocycles. The van der Waals surface area contributed by atoms with E-state index in [-0.39, 0.29) is 24.4 Å². The number of carboxylic acids is 2. The molecule has 3 heterocycles. The number of ether oxygens (including phenoxy) is 2. The smallest absolute Gasteiger partial charge is 0.303 e. The number of nitrogens with two attached hydrogens (primary N) is 1. The van der Waals surface area contributed by atoms with E-state index < -0.39 is 17.8 Å². The molecule has 37 heavy (non-hydrogen) atoms. The van der Waals surface area contributed by atoms with E-state index in [9.17, 15) is 19.2 Å². The molecule has 0 atom stereocenters. The number of thiophene rings is 1. The Morgan fingerprint density at radius 3 is 2.43 bits per heavy atom. The molecule has 2 amide bonds. The third-order valence-electron chi connectivity index (χ3n) is 5.04. The van der Waals surface area contributed by atoms with Crippen LogP contribution in [0, 0.1) is 0 Å². The van der Waals surface area contributed by atoms with Crippen LogP contribution in [0.4, 0.5) is 0 Å². The minimum absolute atomic E-state index is 0.282. The van der Waals surface area contributed by atoms with Crippen molar-refractivity contribution in [3.8, 4) is 21.3 Å². The molecular weight excluding hydrogens is 524 g/mol. The number of carboxylic acid groups (broad SMARTS) is 2. The summed E-state index contributed by atoms with van der Waals surface area (Å²) in [5, 5.41) is 19.1. The first-order valence-electron chi connectivity index (χ1n) is 10.9. The van der Waals surface area contributed by atoms with E-state index in [1.807, 2.05) is 6.20 Å². The van der Waals surface area contributed by atoms with Gasteiger partial charge in [-0.05, 0) is 47.6 Å². The van der Waals surface area contributed by atoms with Gasteiger partial charge >= 0.3 is 11.9 Å². The Morgan fingerprint density at radius 1 is 1.11 bits per heavy atom. The summed E-state index contributed by atoms with van der Waals surface area (Å²) in [5.74, 6) is -2.43. The molecule has 5 N–H and O–H groups in total. The van der Waals surface area contributed by atoms with Gasteiger partial charge in [0.15, 0.2) is 5.06 Å². The topological polar surface area (TPSA) is 191 Å². The molecule has 1 aliphatic carbocycles. The molecule has 0 aliphatic heterocycles. The van der Waals surface area contributed by atoms with Crippen molar-refractivity contribution in [2.24, 2.45) is 5.73 Å². The van der Waals surface area contributed by atoms with Crippen LogP contribution in [-0.2, 0) is 27.2 Å². The van der Waals surface area contributed by atoms with Crippen molar-refractivity contribution in [3.63, 3.8) is 0 Å². The van der Waals surface area contributed by atoms with E-state index in [2.05, 4.69) is 14.7 Å². The molecule has 0 unspecified atom stereocenters. The van der Waals surface area contributed by atoms with Crippen LogP contribution >= 0.6 is 22.9 Å². The van der Waals surface area contributed by atoms with Crippen molar-refractivity contribution in [1.29, 1.82) is 0 Å². The van der Waals surface area contributed by atoms with Gasteiger partial charge in [-0.3, -0.25) is 19.2 Å². The number of hydrogen-bond acceptors (Lipinski definition) is 10. The molecule has 196 valence electrons. The average Bonchev–Trinajstić information content (AvgIpc) is 3.48. The third kappa shape index (κ3) is 7.31. The van der Waals surface area contributed by atoms with Crippen molar-refractivity contribution in [3.05, 3.63) is 46.2 Å². The largest absolute Gasteiger partial charge is 0.481 e. The first-order valence-corrected chi connectivity index (χ1v) is 12.5. The summed E-state index contributed by atoms with van der Waals surface area (Å²) in [7, 11) is 1.57. The van der Waals surface area contributed by atoms with Crippen LogP contribution in [0.3, 0.4) is 0 Å². The Hall–Kier alpha value is -3.88. The fourth-order valence-electron chi connectivity index (χ4n) is 3.34. The van der Waals surface area contributed by atoms with Crippen molar-refractivity contribution in [1.82, 2.24) is 14.7 Å². The lowest BCUT2D eigenvalue weighted by Crippen LogP contribution is -2.27. The van der Waals surface area contributed by atoms with E-state index in [0.717, 1.165) is 34.4 Å². The number of nitrogens with zero attached hydrogens (tertiary/aromatic N) is 2. The van der Waals surface area contributed by atoms with Gasteiger partial charge in [0.25, 0.3) is 11.8 Å². The second-order valence-corrected chi connectivity index (χ2v) is 9.42. The highest BCUT2D eigenvalue weighted by Crippen LogP contribution is 2.49. The second kappa shape index (κ2) is 12.9. The number of aryl methyl sites for hydroxylation is 1. The highest BCUT2D eigenvalue weighted by atomic mass is 32.1. The monoisotopic (exact) mass is 548 g/mol. The van der Waals surface area contributed by atoms with Gasteiger partial charge in [0.05, 0.1) is 41.0 Å². The van der Waals surface area contributed by atoms with Crippen LogP contribution in [0.5, 0.6) is 10.8 Å². The Morgan fingerprint density at radius 2 is 1.84 bits per heavy atom. The lowest BCUT2D eigenvalue weighted by atomic mass is 9.93. The molecule has 0 spiro atoms. The molecule has 0 bridgehead atoms. The van der Waals surface area contributed by atoms with Gasteiger partial charge in [-0.25, -0.2) is 9.36 Å². The van der Waals surface area contributed by atoms with Gasteiger partial charge < -0.3 is 30.7 Å². The summed E-state index contributed by atoms with van der Waals surface area (Å²) in [4.78, 5) is 48.9. The zero-order valence-corrected chi connectivity index (χ0v) is 21.3. The maximum Gasteiger partial charge on any atom is 0.303 e. The summed E-state index contributed by atoms with van der Waals surface area (Å²) in [6.07, 6.45) is 4.29. The van der Waals surface area contributed by atoms with Crippen molar-refractivity contribution < 1.29 is 38.9 Å². The number of rotatable bonds is 10. The Balaban J connectivity index is 0.000000414. The summed E-state index contributed by atoms with van der Waals surface area (Å²) in [5.41, 5.74) is 8.80. The van der Waals surface area contributed by atoms with Crippen molar-refractivity contribution >= 4 is 46.6 Å². The highest BCUT2D eigenvalue weighted by molar-refractivity contribution is 7.17. The zero-order chi connectivity index (χ0) is 26.9. The molecular formula is C23H24N4O8S2. The molecule has 0 aromatic carbocycles. The predicted molar refractivity (Wildman–Crippen MR) is 134 cm³/mol. The number of fused-ring (bicyclic) bond motifs is 3. The molecule has 0 fully saturated rings. The van der Waals surface area contributed by atoms with Crippen LogP contribution < -0.4 is 15.8 Å². The fraction of sp³-hybridized carbons (Fsp3) is 0.304. The maximum atomic E-state index is 12.0. The van der Waals surface area contributed by atoms with Crippen LogP contribution in [0.25, 0.3) is 10.4 Å². The van der Waals surface area contributed by atoms with E-state index in [4.69, 9.17) is 25.4 Å². The van der Waals surface area contributed by atoms with Gasteiger partial charge in [0.1, 0.15) is 11.4 Å². The number of carbonyl (C=O) groups is 4. The quantitative estimate of drug-likeness (QED) is 0.274. The number of methoxy groups -OCH3 is 1. The summed E-state index contributed by atoms with van der Waals surface area (Å²) >= 11 is 2.61. The van der Waals surface area contributed by atoms with E-state index >= 15 is 0 Å². The van der Waals surface area contributed by atoms with Crippen molar-refractivity contribution in [2.75, 3.05) is 20.3 Å². The minimum atomic E-state index is -1.08. The van der Waals surface area contributed by atoms with Crippen LogP contribution in [-0.4, -0.2) is 63.6 Å². The molecule has 1 aliphatic rings. The zero-order valence-electron chi connectivity index (χ0n) is 19.7. The normalized spacial score (nSPS) is 11.4. The summed E-state index contributed by atoms with van der Waals surface area (Å²) < 4.78 is 15.2. The number of nitrogens with one attached hydrogen (secondary N) is 1. The molecule has 0 radical (unpaired) electrons. The number of aromatic nitrogens is 2. The number of hydrogen-bond donors (Lipinski definition) is 4. The molecule has 3 aromatic rings. The molecule has 14 heteroatoms. The molecule has 4 rings (SSSR count). The van der Waals surface area contributed by atoms with Gasteiger partial charge in [-0.2, -0.15) is 0 Å². The van der Waals surface area contributed by atoms with E-state index in [1.54, 1.807) is 19.2 Å². The Bertz CT molecular complexity index is 1270. The predicted octanol–water partition coefficient (Wildman–Crippen LogP) is 2.57. The summed E-state index contributed by atoms with van der Waals surface area (Å²) in [6, 6.07) is 3.26. The van der Waals surface area contributed by atoms with E-state index in [0.29, 0.717) is 28.8 Å². The number of primary amides is 1. The lowest BCUT2D eigenvalue weighted by molar-refractivity contribution is -0.143. The number of amides is 2. The van der Waals surface area contributed by atoms with Gasteiger partial charge in [0, 0.05) is 19.9 Å². The fourth-order valence-corrected chi connectivity index (χ4v) is 5.35. The Kier molecular flexibility index (Phi) is 9.65. The average molecular weight is 549 g/mol. The van der Waals surface area contributed by atoms with Crippen LogP contribution in [0.15, 0.2) is 24.5 Å². The molecule has 0 saturated carbocycles. The second-order valence-electron chi connectivity index (χ2n) is 7.63. The number of pyridine rings is 1. The first kappa shape index (κ1) is 27.7. The highest BCUT2D eigenvalue weighted by Gasteiger charge is 2.30. The summed E-state index contributed by atoms with van der Waals surface area (Å²) in [6.45, 7) is 0.835. The van der Waals surface area contributed by atoms with E-state index in [1.165, 1.54) is 29.1 Å². The lowest BCUT2D eigenvalue weighted by Gasteiger charge is -2.14. The SMILES string of the molecule is COCCNC(=O)c1ccc(Oc2sc(C(N)=O)c3c2-c2sncc2CC3)cn1.O=C(O)CCC(=O)O. The standard InChI is InChI=1S/C19H18N4O4S2.C4H6O4/c1-26-7-6-21-18(25)13-5-3-11(9-22-13)27-19-14-12(16(28-19)17(20)24)4-2-10-8-23-29-15(10)14;5-3(6)1-2-4(7)8/h3,5,8-9H,2,4,6-7H2,1H3,(H2,20,24)(H,21,25);1-2H2,(H,5,6)(H,7,8). The maximum absolute atomic E-state index is 12.0. The van der Waals surface area contributed by atoms with Crippen molar-refractivity contribution in [2.45, 2.75) is 25.7 Å². The van der Waals surface area contributed by atoms with Gasteiger partial charge in [-0.15, -0.1) is 0 Å². The van der Waals surface area contributed by atoms with Gasteiger partial charge in [0.2, 0.25) is 0 Å². The van der Waals surface area contributed by atoms with Gasteiger partial charge in [-0.1, -0.05) is 11.3 Å². The number of carbonyl (C=O) groups excluding carboxylic acids is 2.